The summed E-state index contributed by atoms with van der Waals surface area (Å²) in [5.74, 6) is 0.155. The third kappa shape index (κ3) is 3.18. The summed E-state index contributed by atoms with van der Waals surface area (Å²) in [6.45, 7) is 1.90. The number of amides is 1. The van der Waals surface area contributed by atoms with Crippen LogP contribution in [0.2, 0.25) is 5.02 Å². The molecule has 1 unspecified atom stereocenters. The summed E-state index contributed by atoms with van der Waals surface area (Å²) >= 11 is 6.13. The fourth-order valence-corrected chi connectivity index (χ4v) is 2.54. The van der Waals surface area contributed by atoms with Crippen LogP contribution in [-0.2, 0) is 4.79 Å². The second-order valence-electron chi connectivity index (χ2n) is 5.32. The molecule has 0 aliphatic rings. The summed E-state index contributed by atoms with van der Waals surface area (Å²) in [6, 6.07) is 15.9. The molecule has 1 heterocycles. The van der Waals surface area contributed by atoms with E-state index in [1.165, 1.54) is 0 Å². The first kappa shape index (κ1) is 15.5. The number of benzene rings is 2. The number of carbonyl (C=O) groups excluding carboxylic acids is 1. The molecule has 3 aromatic rings. The van der Waals surface area contributed by atoms with Crippen LogP contribution in [-0.4, -0.2) is 10.9 Å². The first-order chi connectivity index (χ1) is 11.1. The van der Waals surface area contributed by atoms with Crippen molar-refractivity contribution in [3.8, 4) is 0 Å². The van der Waals surface area contributed by atoms with E-state index in [1.54, 1.807) is 6.07 Å². The third-order valence-corrected chi connectivity index (χ3v) is 4.15. The van der Waals surface area contributed by atoms with E-state index in [4.69, 9.17) is 17.3 Å². The molecule has 0 saturated heterocycles. The highest BCUT2D eigenvalue weighted by molar-refractivity contribution is 6.32. The molecule has 3 N–H and O–H groups in total. The molecule has 23 heavy (non-hydrogen) atoms. The van der Waals surface area contributed by atoms with Gasteiger partial charge in [-0.3, -0.25) is 4.79 Å². The van der Waals surface area contributed by atoms with Crippen molar-refractivity contribution < 1.29 is 4.79 Å². The van der Waals surface area contributed by atoms with Gasteiger partial charge in [0.05, 0.1) is 5.52 Å². The molecule has 0 aliphatic carbocycles. The molecule has 0 radical (unpaired) electrons. The number of nitrogens with zero attached hydrogens (tertiary/aromatic N) is 1. The highest BCUT2D eigenvalue weighted by Crippen LogP contribution is 2.25. The molecule has 0 spiro atoms. The van der Waals surface area contributed by atoms with Gasteiger partial charge in [0.2, 0.25) is 5.91 Å². The molecule has 1 aromatic heterocycles. The number of hydrogen-bond donors (Lipinski definition) is 2. The number of hydrogen-bond acceptors (Lipinski definition) is 3. The highest BCUT2D eigenvalue weighted by Gasteiger charge is 2.16. The number of rotatable bonds is 3. The summed E-state index contributed by atoms with van der Waals surface area (Å²) in [4.78, 5) is 16.8. The topological polar surface area (TPSA) is 68.0 Å². The van der Waals surface area contributed by atoms with Crippen LogP contribution < -0.4 is 11.1 Å². The Bertz CT molecular complexity index is 865. The maximum absolute atomic E-state index is 12.3. The maximum atomic E-state index is 12.3. The molecular formula is C18H16ClN3O. The number of halogens is 1. The summed E-state index contributed by atoms with van der Waals surface area (Å²) in [7, 11) is 0. The summed E-state index contributed by atoms with van der Waals surface area (Å²) < 4.78 is 0. The van der Waals surface area contributed by atoms with E-state index in [2.05, 4.69) is 10.3 Å². The molecule has 0 fully saturated rings. The molecule has 0 saturated carbocycles. The average molecular weight is 326 g/mol. The number of nitrogens with one attached hydrogen (secondary N) is 1. The van der Waals surface area contributed by atoms with E-state index < -0.39 is 6.04 Å². The Morgan fingerprint density at radius 2 is 1.83 bits per heavy atom. The standard InChI is InChI=1S/C18H16ClN3O/c1-11-14(19)9-7-13-8-10-15(21-17(11)13)22-18(23)16(20)12-5-3-2-4-6-12/h2-10,16H,20H2,1H3,(H,21,22,23). The van der Waals surface area contributed by atoms with Crippen molar-refractivity contribution in [2.75, 3.05) is 5.32 Å². The number of aromatic nitrogens is 1. The molecule has 1 atom stereocenters. The van der Waals surface area contributed by atoms with Gasteiger partial charge < -0.3 is 11.1 Å². The number of nitrogens with two attached hydrogens (primary N) is 1. The van der Waals surface area contributed by atoms with Crippen molar-refractivity contribution in [2.45, 2.75) is 13.0 Å². The Labute approximate surface area is 139 Å². The van der Waals surface area contributed by atoms with Crippen LogP contribution in [0.15, 0.2) is 54.6 Å². The number of pyridine rings is 1. The minimum absolute atomic E-state index is 0.303. The molecule has 4 nitrogen and oxygen atoms in total. The van der Waals surface area contributed by atoms with Crippen LogP contribution in [0.3, 0.4) is 0 Å². The second-order valence-corrected chi connectivity index (χ2v) is 5.73. The quantitative estimate of drug-likeness (QED) is 0.769. The largest absolute Gasteiger partial charge is 0.316 e. The van der Waals surface area contributed by atoms with Crippen LogP contribution >= 0.6 is 11.6 Å². The van der Waals surface area contributed by atoms with Gasteiger partial charge in [-0.2, -0.15) is 0 Å². The molecule has 1 amide bonds. The summed E-state index contributed by atoms with van der Waals surface area (Å²) in [5.41, 5.74) is 8.40. The van der Waals surface area contributed by atoms with Gasteiger partial charge in [0.25, 0.3) is 0 Å². The van der Waals surface area contributed by atoms with Crippen LogP contribution in [0.5, 0.6) is 0 Å². The smallest absolute Gasteiger partial charge is 0.247 e. The Morgan fingerprint density at radius 1 is 1.13 bits per heavy atom. The van der Waals surface area contributed by atoms with Crippen molar-refractivity contribution in [1.29, 1.82) is 0 Å². The van der Waals surface area contributed by atoms with Crippen LogP contribution in [0.4, 0.5) is 5.82 Å². The number of anilines is 1. The lowest BCUT2D eigenvalue weighted by molar-refractivity contribution is -0.117. The third-order valence-electron chi connectivity index (χ3n) is 3.74. The monoisotopic (exact) mass is 325 g/mol. The Balaban J connectivity index is 1.86. The van der Waals surface area contributed by atoms with Crippen molar-refractivity contribution >= 4 is 34.2 Å². The van der Waals surface area contributed by atoms with Crippen LogP contribution in [0.25, 0.3) is 10.9 Å². The lowest BCUT2D eigenvalue weighted by atomic mass is 10.1. The lowest BCUT2D eigenvalue weighted by Gasteiger charge is -2.13. The van der Waals surface area contributed by atoms with Gasteiger partial charge in [0.1, 0.15) is 11.9 Å². The Morgan fingerprint density at radius 3 is 2.57 bits per heavy atom. The SMILES string of the molecule is Cc1c(Cl)ccc2ccc(NC(=O)C(N)c3ccccc3)nc12. The zero-order chi connectivity index (χ0) is 16.4. The lowest BCUT2D eigenvalue weighted by Crippen LogP contribution is -2.28. The summed E-state index contributed by atoms with van der Waals surface area (Å²) in [5, 5.41) is 4.38. The van der Waals surface area contributed by atoms with Crippen molar-refractivity contribution in [2.24, 2.45) is 5.73 Å². The van der Waals surface area contributed by atoms with Crippen LogP contribution in [0, 0.1) is 6.92 Å². The molecule has 0 bridgehead atoms. The van der Waals surface area contributed by atoms with Gasteiger partial charge in [-0.05, 0) is 36.2 Å². The molecular weight excluding hydrogens is 310 g/mol. The van der Waals surface area contributed by atoms with Gasteiger partial charge in [0, 0.05) is 10.4 Å². The Hall–Kier alpha value is -2.43. The van der Waals surface area contributed by atoms with E-state index in [-0.39, 0.29) is 5.91 Å². The number of fused-ring (bicyclic) bond motifs is 1. The summed E-state index contributed by atoms with van der Waals surface area (Å²) in [6.07, 6.45) is 0. The fourth-order valence-electron chi connectivity index (χ4n) is 2.39. The molecule has 3 rings (SSSR count). The van der Waals surface area contributed by atoms with Gasteiger partial charge in [-0.1, -0.05) is 48.0 Å². The zero-order valence-corrected chi connectivity index (χ0v) is 13.3. The molecule has 116 valence electrons. The normalized spacial score (nSPS) is 12.1. The van der Waals surface area contributed by atoms with Crippen molar-refractivity contribution in [3.63, 3.8) is 0 Å². The molecule has 5 heteroatoms. The molecule has 0 aliphatic heterocycles. The van der Waals surface area contributed by atoms with Gasteiger partial charge in [-0.15, -0.1) is 0 Å². The van der Waals surface area contributed by atoms with Gasteiger partial charge >= 0.3 is 0 Å². The fraction of sp³-hybridized carbons (Fsp3) is 0.111. The van der Waals surface area contributed by atoms with E-state index >= 15 is 0 Å². The first-order valence-corrected chi connectivity index (χ1v) is 7.61. The van der Waals surface area contributed by atoms with E-state index in [0.717, 1.165) is 22.0 Å². The number of carbonyl (C=O) groups is 1. The predicted molar refractivity (Wildman–Crippen MR) is 93.5 cm³/mol. The van der Waals surface area contributed by atoms with E-state index in [9.17, 15) is 4.79 Å². The van der Waals surface area contributed by atoms with E-state index in [1.807, 2.05) is 55.5 Å². The molecule has 2 aromatic carbocycles. The van der Waals surface area contributed by atoms with Gasteiger partial charge in [-0.25, -0.2) is 4.98 Å². The number of aryl methyl sites for hydroxylation is 1. The highest BCUT2D eigenvalue weighted by atomic mass is 35.5. The average Bonchev–Trinajstić information content (AvgIpc) is 2.58. The minimum Gasteiger partial charge on any atom is -0.316 e. The van der Waals surface area contributed by atoms with Crippen LogP contribution in [0.1, 0.15) is 17.2 Å². The predicted octanol–water partition coefficient (Wildman–Crippen LogP) is 3.84. The second kappa shape index (κ2) is 6.36. The first-order valence-electron chi connectivity index (χ1n) is 7.23. The zero-order valence-electron chi connectivity index (χ0n) is 12.6. The Kier molecular flexibility index (Phi) is 4.28. The van der Waals surface area contributed by atoms with Crippen molar-refractivity contribution in [1.82, 2.24) is 4.98 Å². The minimum atomic E-state index is -0.742. The van der Waals surface area contributed by atoms with E-state index in [0.29, 0.717) is 10.8 Å². The van der Waals surface area contributed by atoms with Crippen molar-refractivity contribution in [3.05, 3.63) is 70.7 Å². The maximum Gasteiger partial charge on any atom is 0.247 e. The van der Waals surface area contributed by atoms with Gasteiger partial charge in [0.15, 0.2) is 0 Å².